The summed E-state index contributed by atoms with van der Waals surface area (Å²) in [5.74, 6) is 0.397. The summed E-state index contributed by atoms with van der Waals surface area (Å²) >= 11 is 0. The summed E-state index contributed by atoms with van der Waals surface area (Å²) in [5, 5.41) is 11.6. The van der Waals surface area contributed by atoms with Crippen molar-refractivity contribution in [2.75, 3.05) is 19.5 Å². The van der Waals surface area contributed by atoms with E-state index < -0.39 is 5.97 Å². The predicted molar refractivity (Wildman–Crippen MR) is 75.3 cm³/mol. The summed E-state index contributed by atoms with van der Waals surface area (Å²) < 4.78 is 15.6. The van der Waals surface area contributed by atoms with Crippen LogP contribution in [0.4, 0.5) is 11.7 Å². The smallest absolute Gasteiger partial charge is 0.303 e. The summed E-state index contributed by atoms with van der Waals surface area (Å²) in [4.78, 5) is 14.7. The van der Waals surface area contributed by atoms with Crippen molar-refractivity contribution >= 4 is 17.7 Å². The summed E-state index contributed by atoms with van der Waals surface area (Å²) in [6, 6.07) is 5.57. The second-order valence-electron chi connectivity index (χ2n) is 4.26. The van der Waals surface area contributed by atoms with Crippen molar-refractivity contribution in [1.82, 2.24) is 4.98 Å². The molecule has 0 atom stereocenters. The molecule has 7 nitrogen and oxygen atoms in total. The van der Waals surface area contributed by atoms with Crippen LogP contribution in [0.5, 0.6) is 11.5 Å². The molecular weight excluding hydrogens is 276 g/mol. The molecule has 0 unspecified atom stereocenters. The standard InChI is InChI=1S/C14H16N2O5/c1-19-11-5-10(6-12(7-11)20-2)16-14-15-9(8-21-14)3-4-13(17)18/h5-8H,3-4H2,1-2H3,(H,15,16)(H,17,18). The average Bonchev–Trinajstić information content (AvgIpc) is 2.92. The minimum Gasteiger partial charge on any atom is -0.497 e. The molecular formula is C14H16N2O5. The van der Waals surface area contributed by atoms with Crippen LogP contribution in [0.2, 0.25) is 0 Å². The van der Waals surface area contributed by atoms with Crippen molar-refractivity contribution < 1.29 is 23.8 Å². The first-order chi connectivity index (χ1) is 10.1. The fourth-order valence-electron chi connectivity index (χ4n) is 1.72. The van der Waals surface area contributed by atoms with Crippen LogP contribution in [0, 0.1) is 0 Å². The van der Waals surface area contributed by atoms with E-state index in [4.69, 9.17) is 19.0 Å². The SMILES string of the molecule is COc1cc(Nc2nc(CCC(=O)O)co2)cc(OC)c1. The fraction of sp³-hybridized carbons (Fsp3) is 0.286. The molecule has 0 aliphatic carbocycles. The van der Waals surface area contributed by atoms with E-state index in [0.717, 1.165) is 0 Å². The first-order valence-corrected chi connectivity index (χ1v) is 6.27. The topological polar surface area (TPSA) is 93.8 Å². The van der Waals surface area contributed by atoms with Gasteiger partial charge in [0.15, 0.2) is 0 Å². The minimum atomic E-state index is -0.870. The van der Waals surface area contributed by atoms with Crippen LogP contribution in [0.25, 0.3) is 0 Å². The second kappa shape index (κ2) is 6.65. The van der Waals surface area contributed by atoms with E-state index >= 15 is 0 Å². The van der Waals surface area contributed by atoms with E-state index in [1.165, 1.54) is 6.26 Å². The quantitative estimate of drug-likeness (QED) is 0.809. The Balaban J connectivity index is 2.09. The molecule has 0 amide bonds. The predicted octanol–water partition coefficient (Wildman–Crippen LogP) is 2.45. The number of aromatic nitrogens is 1. The Labute approximate surface area is 121 Å². The molecule has 0 saturated carbocycles. The maximum atomic E-state index is 10.5. The lowest BCUT2D eigenvalue weighted by atomic mass is 10.2. The molecule has 7 heteroatoms. The number of ether oxygens (including phenoxy) is 2. The van der Waals surface area contributed by atoms with Crippen molar-refractivity contribution in [2.24, 2.45) is 0 Å². The number of aliphatic carboxylic acids is 1. The van der Waals surface area contributed by atoms with Crippen LogP contribution >= 0.6 is 0 Å². The number of nitrogens with zero attached hydrogens (tertiary/aromatic N) is 1. The zero-order chi connectivity index (χ0) is 15.2. The molecule has 2 aromatic rings. The molecule has 2 rings (SSSR count). The Hall–Kier alpha value is -2.70. The Kier molecular flexibility index (Phi) is 4.65. The van der Waals surface area contributed by atoms with Gasteiger partial charge in [0.1, 0.15) is 17.8 Å². The zero-order valence-corrected chi connectivity index (χ0v) is 11.8. The molecule has 0 radical (unpaired) electrons. The van der Waals surface area contributed by atoms with Crippen LogP contribution < -0.4 is 14.8 Å². The number of anilines is 2. The van der Waals surface area contributed by atoms with Crippen LogP contribution in [0.1, 0.15) is 12.1 Å². The van der Waals surface area contributed by atoms with Crippen molar-refractivity contribution in [3.63, 3.8) is 0 Å². The third-order valence-corrected chi connectivity index (χ3v) is 2.75. The van der Waals surface area contributed by atoms with E-state index in [1.54, 1.807) is 32.4 Å². The summed E-state index contributed by atoms with van der Waals surface area (Å²) in [5.41, 5.74) is 1.27. The summed E-state index contributed by atoms with van der Waals surface area (Å²) in [6.45, 7) is 0. The van der Waals surface area contributed by atoms with Gasteiger partial charge in [-0.15, -0.1) is 0 Å². The van der Waals surface area contributed by atoms with Gasteiger partial charge in [-0.2, -0.15) is 4.98 Å². The molecule has 1 aromatic heterocycles. The number of methoxy groups -OCH3 is 2. The van der Waals surface area contributed by atoms with Gasteiger partial charge in [0.05, 0.1) is 26.3 Å². The second-order valence-corrected chi connectivity index (χ2v) is 4.26. The van der Waals surface area contributed by atoms with Gasteiger partial charge in [-0.05, 0) is 0 Å². The normalized spacial score (nSPS) is 10.2. The zero-order valence-electron chi connectivity index (χ0n) is 11.8. The van der Waals surface area contributed by atoms with Gasteiger partial charge in [0, 0.05) is 30.3 Å². The number of aryl methyl sites for hydroxylation is 1. The summed E-state index contributed by atoms with van der Waals surface area (Å²) in [6.07, 6.45) is 1.77. The van der Waals surface area contributed by atoms with Crippen molar-refractivity contribution in [3.8, 4) is 11.5 Å². The molecule has 21 heavy (non-hydrogen) atoms. The molecule has 1 heterocycles. The molecule has 0 aliphatic heterocycles. The first kappa shape index (κ1) is 14.7. The van der Waals surface area contributed by atoms with Crippen molar-refractivity contribution in [3.05, 3.63) is 30.2 Å². The Morgan fingerprint density at radius 1 is 1.29 bits per heavy atom. The molecule has 0 spiro atoms. The molecule has 0 fully saturated rings. The first-order valence-electron chi connectivity index (χ1n) is 6.27. The molecule has 0 saturated heterocycles. The summed E-state index contributed by atoms with van der Waals surface area (Å²) in [7, 11) is 3.13. The molecule has 1 aromatic carbocycles. The van der Waals surface area contributed by atoms with Gasteiger partial charge in [-0.3, -0.25) is 4.79 Å². The maximum Gasteiger partial charge on any atom is 0.303 e. The van der Waals surface area contributed by atoms with E-state index in [1.807, 2.05) is 0 Å². The molecule has 0 bridgehead atoms. The highest BCUT2D eigenvalue weighted by Gasteiger charge is 2.08. The average molecular weight is 292 g/mol. The lowest BCUT2D eigenvalue weighted by Crippen LogP contribution is -1.98. The lowest BCUT2D eigenvalue weighted by molar-refractivity contribution is -0.136. The number of rotatable bonds is 7. The number of benzene rings is 1. The number of carboxylic acids is 1. The van der Waals surface area contributed by atoms with E-state index in [2.05, 4.69) is 10.3 Å². The lowest BCUT2D eigenvalue weighted by Gasteiger charge is -2.08. The van der Waals surface area contributed by atoms with Gasteiger partial charge in [-0.25, -0.2) is 0 Å². The molecule has 0 aliphatic rings. The molecule has 2 N–H and O–H groups in total. The van der Waals surface area contributed by atoms with Gasteiger partial charge >= 0.3 is 5.97 Å². The largest absolute Gasteiger partial charge is 0.497 e. The Morgan fingerprint density at radius 2 is 1.95 bits per heavy atom. The highest BCUT2D eigenvalue weighted by atomic mass is 16.5. The van der Waals surface area contributed by atoms with Crippen LogP contribution in [0.3, 0.4) is 0 Å². The number of nitrogens with one attached hydrogen (secondary N) is 1. The van der Waals surface area contributed by atoms with Crippen LogP contribution in [-0.4, -0.2) is 30.3 Å². The number of hydrogen-bond donors (Lipinski definition) is 2. The van der Waals surface area contributed by atoms with Gasteiger partial charge in [0.2, 0.25) is 0 Å². The highest BCUT2D eigenvalue weighted by molar-refractivity contribution is 5.67. The van der Waals surface area contributed by atoms with Gasteiger partial charge < -0.3 is 24.3 Å². The van der Waals surface area contributed by atoms with E-state index in [9.17, 15) is 4.79 Å². The number of oxazole rings is 1. The maximum absolute atomic E-state index is 10.5. The monoisotopic (exact) mass is 292 g/mol. The number of carbonyl (C=O) groups is 1. The fourth-order valence-corrected chi connectivity index (χ4v) is 1.72. The number of hydrogen-bond acceptors (Lipinski definition) is 6. The Morgan fingerprint density at radius 3 is 2.52 bits per heavy atom. The van der Waals surface area contributed by atoms with Crippen molar-refractivity contribution in [2.45, 2.75) is 12.8 Å². The van der Waals surface area contributed by atoms with E-state index in [-0.39, 0.29) is 12.4 Å². The highest BCUT2D eigenvalue weighted by Crippen LogP contribution is 2.27. The van der Waals surface area contributed by atoms with Crippen LogP contribution in [0.15, 0.2) is 28.9 Å². The van der Waals surface area contributed by atoms with Crippen LogP contribution in [-0.2, 0) is 11.2 Å². The van der Waals surface area contributed by atoms with Gasteiger partial charge in [0.25, 0.3) is 6.01 Å². The third-order valence-electron chi connectivity index (χ3n) is 2.75. The van der Waals surface area contributed by atoms with E-state index in [0.29, 0.717) is 29.3 Å². The minimum absolute atomic E-state index is 0.0129. The third kappa shape index (κ3) is 4.13. The van der Waals surface area contributed by atoms with Crippen molar-refractivity contribution in [1.29, 1.82) is 0 Å². The molecule has 112 valence electrons. The van der Waals surface area contributed by atoms with Gasteiger partial charge in [-0.1, -0.05) is 0 Å². The number of carboxylic acid groups (broad SMARTS) is 1. The Bertz CT molecular complexity index is 601.